The maximum absolute atomic E-state index is 12.9. The number of guanidine groups is 1. The van der Waals surface area contributed by atoms with Crippen LogP contribution in [0.25, 0.3) is 0 Å². The van der Waals surface area contributed by atoms with Crippen LogP contribution < -0.4 is 10.6 Å². The van der Waals surface area contributed by atoms with E-state index in [0.29, 0.717) is 24.7 Å². The smallest absolute Gasteiger partial charge is 0.310 e. The second-order valence-electron chi connectivity index (χ2n) is 5.97. The van der Waals surface area contributed by atoms with Gasteiger partial charge in [0.2, 0.25) is 5.91 Å². The molecule has 1 amide bonds. The molecule has 0 radical (unpaired) electrons. The normalized spacial score (nSPS) is 19.5. The van der Waals surface area contributed by atoms with Crippen molar-refractivity contribution in [1.82, 2.24) is 10.2 Å². The summed E-state index contributed by atoms with van der Waals surface area (Å²) in [7, 11) is 3.00. The lowest BCUT2D eigenvalue weighted by molar-refractivity contribution is -0.146. The van der Waals surface area contributed by atoms with Crippen molar-refractivity contribution < 1.29 is 18.7 Å². The molecule has 7 nitrogen and oxygen atoms in total. The first-order chi connectivity index (χ1) is 11.9. The van der Waals surface area contributed by atoms with E-state index in [0.717, 1.165) is 0 Å². The van der Waals surface area contributed by atoms with Gasteiger partial charge >= 0.3 is 5.97 Å². The Labute approximate surface area is 169 Å². The molecule has 9 heteroatoms. The van der Waals surface area contributed by atoms with Crippen LogP contribution in [0.15, 0.2) is 29.3 Å². The molecule has 1 saturated heterocycles. The Kier molecular flexibility index (Phi) is 8.76. The summed E-state index contributed by atoms with van der Waals surface area (Å²) in [6, 6.07) is 5.54. The minimum Gasteiger partial charge on any atom is -0.469 e. The molecule has 2 unspecified atom stereocenters. The molecule has 0 bridgehead atoms. The van der Waals surface area contributed by atoms with Gasteiger partial charge in [0.05, 0.1) is 19.6 Å². The van der Waals surface area contributed by atoms with Crippen molar-refractivity contribution in [3.8, 4) is 0 Å². The van der Waals surface area contributed by atoms with Crippen LogP contribution in [0.4, 0.5) is 10.1 Å². The maximum Gasteiger partial charge on any atom is 0.310 e. The summed E-state index contributed by atoms with van der Waals surface area (Å²) >= 11 is 0. The Morgan fingerprint density at radius 1 is 1.31 bits per heavy atom. The highest BCUT2D eigenvalue weighted by Gasteiger charge is 2.36. The first kappa shape index (κ1) is 22.1. The predicted molar refractivity (Wildman–Crippen MR) is 108 cm³/mol. The SMILES string of the molecule is CN=C(NCC(=O)Nc1ccc(F)cc1)N1CC(C)C(C(=O)OC)C1.I. The Morgan fingerprint density at radius 3 is 2.54 bits per heavy atom. The summed E-state index contributed by atoms with van der Waals surface area (Å²) < 4.78 is 17.7. The molecule has 0 aliphatic carbocycles. The van der Waals surface area contributed by atoms with Gasteiger partial charge in [-0.15, -0.1) is 24.0 Å². The van der Waals surface area contributed by atoms with Crippen LogP contribution in [0, 0.1) is 17.7 Å². The van der Waals surface area contributed by atoms with E-state index in [1.165, 1.54) is 31.4 Å². The molecule has 0 aromatic heterocycles. The molecule has 0 spiro atoms. The maximum atomic E-state index is 12.9. The van der Waals surface area contributed by atoms with Gasteiger partial charge in [-0.3, -0.25) is 14.6 Å². The second kappa shape index (κ2) is 10.3. The highest BCUT2D eigenvalue weighted by Crippen LogP contribution is 2.24. The fourth-order valence-electron chi connectivity index (χ4n) is 2.83. The summed E-state index contributed by atoms with van der Waals surface area (Å²) in [6.07, 6.45) is 0. The number of aliphatic imine (C=N–C) groups is 1. The van der Waals surface area contributed by atoms with Crippen LogP contribution in [-0.2, 0) is 14.3 Å². The number of hydrogen-bond donors (Lipinski definition) is 2. The third-order valence-corrected chi connectivity index (χ3v) is 4.16. The summed E-state index contributed by atoms with van der Waals surface area (Å²) in [5, 5.41) is 5.65. The fourth-order valence-corrected chi connectivity index (χ4v) is 2.83. The van der Waals surface area contributed by atoms with E-state index < -0.39 is 0 Å². The number of carbonyl (C=O) groups excluding carboxylic acids is 2. The molecule has 1 heterocycles. The largest absolute Gasteiger partial charge is 0.469 e. The number of carbonyl (C=O) groups is 2. The van der Waals surface area contributed by atoms with Crippen LogP contribution >= 0.6 is 24.0 Å². The van der Waals surface area contributed by atoms with Gasteiger partial charge in [-0.1, -0.05) is 6.92 Å². The van der Waals surface area contributed by atoms with E-state index in [1.807, 2.05) is 11.8 Å². The van der Waals surface area contributed by atoms with Gasteiger partial charge in [0, 0.05) is 25.8 Å². The molecule has 2 rings (SSSR count). The van der Waals surface area contributed by atoms with Gasteiger partial charge in [-0.25, -0.2) is 4.39 Å². The molecule has 144 valence electrons. The van der Waals surface area contributed by atoms with Gasteiger partial charge in [-0.05, 0) is 30.2 Å². The van der Waals surface area contributed by atoms with Gasteiger partial charge in [0.15, 0.2) is 5.96 Å². The standard InChI is InChI=1S/C17H23FN4O3.HI/c1-11-9-22(10-14(11)16(24)25-3)17(19-2)20-8-15(23)21-13-6-4-12(18)5-7-13;/h4-7,11,14H,8-10H2,1-3H3,(H,19,20)(H,21,23);1H. The number of ether oxygens (including phenoxy) is 1. The lowest BCUT2D eigenvalue weighted by atomic mass is 9.99. The molecule has 26 heavy (non-hydrogen) atoms. The van der Waals surface area contributed by atoms with Crippen molar-refractivity contribution in [2.24, 2.45) is 16.8 Å². The Balaban J connectivity index is 0.00000338. The first-order valence-corrected chi connectivity index (χ1v) is 8.03. The molecule has 1 aromatic carbocycles. The third kappa shape index (κ3) is 5.82. The number of halogens is 2. The highest BCUT2D eigenvalue weighted by molar-refractivity contribution is 14.0. The Morgan fingerprint density at radius 2 is 1.96 bits per heavy atom. The number of nitrogens with one attached hydrogen (secondary N) is 2. The van der Waals surface area contributed by atoms with E-state index in [-0.39, 0.29) is 60.1 Å². The molecular weight excluding hydrogens is 454 g/mol. The van der Waals surface area contributed by atoms with Crippen LogP contribution in [0.3, 0.4) is 0 Å². The summed E-state index contributed by atoms with van der Waals surface area (Å²) in [4.78, 5) is 29.9. The zero-order chi connectivity index (χ0) is 18.4. The van der Waals surface area contributed by atoms with Crippen LogP contribution in [-0.4, -0.2) is 56.5 Å². The van der Waals surface area contributed by atoms with Crippen LogP contribution in [0.5, 0.6) is 0 Å². The van der Waals surface area contributed by atoms with Crippen molar-refractivity contribution >= 4 is 47.5 Å². The predicted octanol–water partition coefficient (Wildman–Crippen LogP) is 1.70. The number of methoxy groups -OCH3 is 1. The van der Waals surface area contributed by atoms with Gasteiger partial charge < -0.3 is 20.3 Å². The van der Waals surface area contributed by atoms with Crippen molar-refractivity contribution in [2.75, 3.05) is 39.1 Å². The molecule has 1 aromatic rings. The number of nitrogens with zero attached hydrogens (tertiary/aromatic N) is 2. The lowest BCUT2D eigenvalue weighted by Gasteiger charge is -2.21. The van der Waals surface area contributed by atoms with E-state index in [4.69, 9.17) is 4.74 Å². The minimum absolute atomic E-state index is 0. The van der Waals surface area contributed by atoms with Crippen molar-refractivity contribution in [3.63, 3.8) is 0 Å². The third-order valence-electron chi connectivity index (χ3n) is 4.16. The topological polar surface area (TPSA) is 83.0 Å². The monoisotopic (exact) mass is 478 g/mol. The van der Waals surface area contributed by atoms with E-state index >= 15 is 0 Å². The highest BCUT2D eigenvalue weighted by atomic mass is 127. The average Bonchev–Trinajstić information content (AvgIpc) is 2.98. The van der Waals surface area contributed by atoms with Crippen molar-refractivity contribution in [3.05, 3.63) is 30.1 Å². The van der Waals surface area contributed by atoms with E-state index in [2.05, 4.69) is 15.6 Å². The number of likely N-dealkylation sites (tertiary alicyclic amines) is 1. The number of esters is 1. The number of rotatable bonds is 4. The second-order valence-corrected chi connectivity index (χ2v) is 5.97. The molecule has 2 N–H and O–H groups in total. The minimum atomic E-state index is -0.361. The number of amides is 1. The first-order valence-electron chi connectivity index (χ1n) is 8.03. The quantitative estimate of drug-likeness (QED) is 0.298. The Hall–Kier alpha value is -1.91. The number of anilines is 1. The molecule has 0 saturated carbocycles. The zero-order valence-electron chi connectivity index (χ0n) is 15.0. The summed E-state index contributed by atoms with van der Waals surface area (Å²) in [6.45, 7) is 3.14. The van der Waals surface area contributed by atoms with E-state index in [9.17, 15) is 14.0 Å². The zero-order valence-corrected chi connectivity index (χ0v) is 17.3. The molecule has 1 aliphatic heterocycles. The van der Waals surface area contributed by atoms with Crippen molar-refractivity contribution in [1.29, 1.82) is 0 Å². The van der Waals surface area contributed by atoms with Gasteiger partial charge in [-0.2, -0.15) is 0 Å². The summed E-state index contributed by atoms with van der Waals surface area (Å²) in [5.74, 6) is -0.396. The average molecular weight is 478 g/mol. The molecule has 1 aliphatic rings. The number of benzene rings is 1. The summed E-state index contributed by atoms with van der Waals surface area (Å²) in [5.41, 5.74) is 0.517. The molecule has 2 atom stereocenters. The van der Waals surface area contributed by atoms with Gasteiger partial charge in [0.25, 0.3) is 0 Å². The lowest BCUT2D eigenvalue weighted by Crippen LogP contribution is -2.43. The molecular formula is C17H24FIN4O3. The van der Waals surface area contributed by atoms with Gasteiger partial charge in [0.1, 0.15) is 5.82 Å². The van der Waals surface area contributed by atoms with Crippen molar-refractivity contribution in [2.45, 2.75) is 6.92 Å². The van der Waals surface area contributed by atoms with E-state index in [1.54, 1.807) is 7.05 Å². The van der Waals surface area contributed by atoms with Crippen LogP contribution in [0.1, 0.15) is 6.92 Å². The fraction of sp³-hybridized carbons (Fsp3) is 0.471. The Bertz CT molecular complexity index is 654. The number of hydrogen-bond acceptors (Lipinski definition) is 4. The van der Waals surface area contributed by atoms with Crippen LogP contribution in [0.2, 0.25) is 0 Å². The molecule has 1 fully saturated rings.